The van der Waals surface area contributed by atoms with Gasteiger partial charge in [0.05, 0.1) is 0 Å². The zero-order valence-corrected chi connectivity index (χ0v) is 3.30. The SMILES string of the molecule is [CH2]/C(F)=C/Cl. The van der Waals surface area contributed by atoms with Crippen LogP contribution in [0.2, 0.25) is 0 Å². The van der Waals surface area contributed by atoms with Crippen molar-refractivity contribution in [2.75, 3.05) is 0 Å². The van der Waals surface area contributed by atoms with Gasteiger partial charge in [-0.05, 0) is 0 Å². The van der Waals surface area contributed by atoms with Gasteiger partial charge in [-0.25, -0.2) is 4.39 Å². The van der Waals surface area contributed by atoms with Crippen LogP contribution in [-0.2, 0) is 0 Å². The maximum Gasteiger partial charge on any atom is 0.112 e. The monoisotopic (exact) mass is 93.0 g/mol. The van der Waals surface area contributed by atoms with Crippen LogP contribution in [0.4, 0.5) is 4.39 Å². The second kappa shape index (κ2) is 2.21. The third-order valence-corrected chi connectivity index (χ3v) is 0.355. The lowest BCUT2D eigenvalue weighted by Crippen LogP contribution is -1.46. The van der Waals surface area contributed by atoms with Gasteiger partial charge in [0, 0.05) is 12.5 Å². The maximum absolute atomic E-state index is 11.0. The van der Waals surface area contributed by atoms with E-state index in [0.29, 0.717) is 0 Å². The number of allylic oxidation sites excluding steroid dienone is 1. The highest BCUT2D eigenvalue weighted by atomic mass is 35.5. The van der Waals surface area contributed by atoms with Crippen LogP contribution in [0.15, 0.2) is 11.4 Å². The lowest BCUT2D eigenvalue weighted by atomic mass is 10.7. The summed E-state index contributed by atoms with van der Waals surface area (Å²) in [5.74, 6) is -0.605. The molecule has 0 rings (SSSR count). The van der Waals surface area contributed by atoms with E-state index in [1.165, 1.54) is 0 Å². The topological polar surface area (TPSA) is 0 Å². The minimum Gasteiger partial charge on any atom is -0.211 e. The first-order valence-electron chi connectivity index (χ1n) is 1.05. The summed E-state index contributed by atoms with van der Waals surface area (Å²) < 4.78 is 11.0. The summed E-state index contributed by atoms with van der Waals surface area (Å²) in [6, 6.07) is 0. The predicted octanol–water partition coefficient (Wildman–Crippen LogP) is 1.87. The molecule has 0 heterocycles. The molecule has 0 aliphatic rings. The molecular formula is C3H3ClF. The fourth-order valence-electron chi connectivity index (χ4n) is 0. The Hall–Kier alpha value is -0.0400. The second-order valence-corrected chi connectivity index (χ2v) is 0.774. The Balaban J connectivity index is 3.14. The van der Waals surface area contributed by atoms with Crippen LogP contribution in [0.25, 0.3) is 0 Å². The van der Waals surface area contributed by atoms with Crippen molar-refractivity contribution in [3.63, 3.8) is 0 Å². The number of hydrogen-bond donors (Lipinski definition) is 0. The molecule has 0 fully saturated rings. The first kappa shape index (κ1) is 4.96. The van der Waals surface area contributed by atoms with Crippen LogP contribution in [-0.4, -0.2) is 0 Å². The van der Waals surface area contributed by atoms with Crippen LogP contribution < -0.4 is 0 Å². The largest absolute Gasteiger partial charge is 0.211 e. The van der Waals surface area contributed by atoms with E-state index in [-0.39, 0.29) is 0 Å². The smallest absolute Gasteiger partial charge is 0.112 e. The third-order valence-electron chi connectivity index (χ3n) is 0.118. The van der Waals surface area contributed by atoms with E-state index in [9.17, 15) is 4.39 Å². The van der Waals surface area contributed by atoms with Gasteiger partial charge in [0.2, 0.25) is 0 Å². The minimum atomic E-state index is -0.605. The van der Waals surface area contributed by atoms with Gasteiger partial charge >= 0.3 is 0 Å². The zero-order valence-electron chi connectivity index (χ0n) is 2.54. The zero-order chi connectivity index (χ0) is 4.28. The van der Waals surface area contributed by atoms with Gasteiger partial charge in [-0.3, -0.25) is 0 Å². The van der Waals surface area contributed by atoms with E-state index in [2.05, 4.69) is 6.92 Å². The fourth-order valence-corrected chi connectivity index (χ4v) is 0. The van der Waals surface area contributed by atoms with Gasteiger partial charge in [0.15, 0.2) is 0 Å². The fraction of sp³-hybridized carbons (Fsp3) is 0. The number of rotatable bonds is 0. The molecule has 1 radical (unpaired) electrons. The van der Waals surface area contributed by atoms with Gasteiger partial charge in [0.25, 0.3) is 0 Å². The molecule has 0 aromatic heterocycles. The van der Waals surface area contributed by atoms with Gasteiger partial charge in [-0.15, -0.1) is 0 Å². The molecule has 5 heavy (non-hydrogen) atoms. The maximum atomic E-state index is 11.0. The normalized spacial score (nSPS) is 12.2. The standard InChI is InChI=1S/C3H3ClF/c1-3(5)2-4/h2H,1H2/b3-2-. The van der Waals surface area contributed by atoms with Crippen molar-refractivity contribution in [3.05, 3.63) is 18.3 Å². The molecule has 0 nitrogen and oxygen atoms in total. The summed E-state index contributed by atoms with van der Waals surface area (Å²) in [5, 5.41) is 0. The Morgan fingerprint density at radius 1 is 2.00 bits per heavy atom. The Morgan fingerprint density at radius 3 is 2.20 bits per heavy atom. The van der Waals surface area contributed by atoms with Crippen LogP contribution in [0, 0.1) is 6.92 Å². The molecule has 0 aromatic carbocycles. The van der Waals surface area contributed by atoms with E-state index < -0.39 is 5.83 Å². The molecule has 29 valence electrons. The predicted molar refractivity (Wildman–Crippen MR) is 20.4 cm³/mol. The Kier molecular flexibility index (Phi) is 2.19. The molecule has 0 aromatic rings. The number of hydrogen-bond acceptors (Lipinski definition) is 0. The summed E-state index contributed by atoms with van der Waals surface area (Å²) in [6.45, 7) is 2.82. The molecular weight excluding hydrogens is 90.5 g/mol. The third kappa shape index (κ3) is 3.96. The first-order valence-corrected chi connectivity index (χ1v) is 1.49. The highest BCUT2D eigenvalue weighted by molar-refractivity contribution is 6.25. The molecule has 0 aliphatic carbocycles. The van der Waals surface area contributed by atoms with Crippen molar-refractivity contribution >= 4 is 11.6 Å². The van der Waals surface area contributed by atoms with Crippen molar-refractivity contribution in [2.45, 2.75) is 0 Å². The van der Waals surface area contributed by atoms with Crippen molar-refractivity contribution in [3.8, 4) is 0 Å². The van der Waals surface area contributed by atoms with Crippen molar-refractivity contribution in [2.24, 2.45) is 0 Å². The van der Waals surface area contributed by atoms with Gasteiger partial charge in [0.1, 0.15) is 5.83 Å². The molecule has 0 saturated heterocycles. The average molecular weight is 93.5 g/mol. The summed E-state index contributed by atoms with van der Waals surface area (Å²) in [7, 11) is 0. The lowest BCUT2D eigenvalue weighted by molar-refractivity contribution is 0.668. The average Bonchev–Trinajstić information content (AvgIpc) is 1.38. The van der Waals surface area contributed by atoms with Crippen LogP contribution >= 0.6 is 11.6 Å². The Bertz CT molecular complexity index is 44.9. The van der Waals surface area contributed by atoms with Crippen molar-refractivity contribution in [1.82, 2.24) is 0 Å². The van der Waals surface area contributed by atoms with E-state index in [1.54, 1.807) is 0 Å². The molecule has 0 unspecified atom stereocenters. The van der Waals surface area contributed by atoms with Crippen molar-refractivity contribution < 1.29 is 4.39 Å². The highest BCUT2D eigenvalue weighted by Crippen LogP contribution is 1.91. The van der Waals surface area contributed by atoms with Crippen molar-refractivity contribution in [1.29, 1.82) is 0 Å². The molecule has 2 heteroatoms. The molecule has 0 spiro atoms. The van der Waals surface area contributed by atoms with Crippen LogP contribution in [0.5, 0.6) is 0 Å². The number of halogens is 2. The lowest BCUT2D eigenvalue weighted by Gasteiger charge is -1.66. The summed E-state index contributed by atoms with van der Waals surface area (Å²) in [5.41, 5.74) is 0.778. The summed E-state index contributed by atoms with van der Waals surface area (Å²) >= 11 is 4.74. The summed E-state index contributed by atoms with van der Waals surface area (Å²) in [4.78, 5) is 0. The summed E-state index contributed by atoms with van der Waals surface area (Å²) in [6.07, 6.45) is 0. The minimum absolute atomic E-state index is 0.605. The van der Waals surface area contributed by atoms with Crippen LogP contribution in [0.3, 0.4) is 0 Å². The molecule has 0 bridgehead atoms. The quantitative estimate of drug-likeness (QED) is 0.429. The molecule has 0 amide bonds. The van der Waals surface area contributed by atoms with E-state index in [1.807, 2.05) is 0 Å². The van der Waals surface area contributed by atoms with Gasteiger partial charge in [-0.1, -0.05) is 11.6 Å². The van der Waals surface area contributed by atoms with E-state index in [4.69, 9.17) is 11.6 Å². The molecule has 0 saturated carbocycles. The second-order valence-electron chi connectivity index (χ2n) is 0.556. The van der Waals surface area contributed by atoms with E-state index in [0.717, 1.165) is 5.54 Å². The van der Waals surface area contributed by atoms with Gasteiger partial charge < -0.3 is 0 Å². The highest BCUT2D eigenvalue weighted by Gasteiger charge is 1.69. The van der Waals surface area contributed by atoms with Gasteiger partial charge in [-0.2, -0.15) is 0 Å². The Morgan fingerprint density at radius 2 is 2.20 bits per heavy atom. The van der Waals surface area contributed by atoms with E-state index >= 15 is 0 Å². The Labute approximate surface area is 35.2 Å². The molecule has 0 atom stereocenters. The molecule has 0 N–H and O–H groups in total. The first-order chi connectivity index (χ1) is 2.27. The van der Waals surface area contributed by atoms with Crippen LogP contribution in [0.1, 0.15) is 0 Å². The molecule has 0 aliphatic heterocycles.